The number of ether oxygens (including phenoxy) is 1. The Morgan fingerprint density at radius 1 is 1.46 bits per heavy atom. The van der Waals surface area contributed by atoms with E-state index < -0.39 is 0 Å². The van der Waals surface area contributed by atoms with E-state index >= 15 is 0 Å². The van der Waals surface area contributed by atoms with Crippen LogP contribution >= 0.6 is 0 Å². The van der Waals surface area contributed by atoms with E-state index in [1.165, 1.54) is 0 Å². The first-order valence-electron chi connectivity index (χ1n) is 4.81. The minimum Gasteiger partial charge on any atom is -0.494 e. The van der Waals surface area contributed by atoms with Crippen molar-refractivity contribution < 1.29 is 4.74 Å². The Morgan fingerprint density at radius 3 is 2.38 bits per heavy atom. The Balaban J connectivity index is 3.88. The lowest BCUT2D eigenvalue weighted by Crippen LogP contribution is -2.21. The lowest BCUT2D eigenvalue weighted by molar-refractivity contribution is 0.105. The Morgan fingerprint density at radius 2 is 2.00 bits per heavy atom. The molecule has 0 bridgehead atoms. The molecule has 0 saturated carbocycles. The van der Waals surface area contributed by atoms with Gasteiger partial charge in [-0.15, -0.1) is 0 Å². The monoisotopic (exact) mass is 182 g/mol. The van der Waals surface area contributed by atoms with Crippen molar-refractivity contribution in [1.82, 2.24) is 0 Å². The first kappa shape index (κ1) is 12.3. The van der Waals surface area contributed by atoms with Gasteiger partial charge in [0, 0.05) is 0 Å². The summed E-state index contributed by atoms with van der Waals surface area (Å²) in [5.74, 6) is 1.37. The zero-order valence-corrected chi connectivity index (χ0v) is 9.39. The van der Waals surface area contributed by atoms with Gasteiger partial charge in [0.15, 0.2) is 0 Å². The summed E-state index contributed by atoms with van der Waals surface area (Å²) < 4.78 is 5.44. The van der Waals surface area contributed by atoms with Crippen molar-refractivity contribution in [3.05, 3.63) is 25.0 Å². The van der Waals surface area contributed by atoms with Gasteiger partial charge in [-0.05, 0) is 23.8 Å². The first-order chi connectivity index (χ1) is 5.87. The second-order valence-corrected chi connectivity index (χ2v) is 4.72. The molecule has 0 amide bonds. The average Bonchev–Trinajstić information content (AvgIpc) is 1.98. The minimum atomic E-state index is 0.222. The lowest BCUT2D eigenvalue weighted by Gasteiger charge is -2.26. The van der Waals surface area contributed by atoms with E-state index in [-0.39, 0.29) is 5.41 Å². The van der Waals surface area contributed by atoms with E-state index in [1.54, 1.807) is 6.08 Å². The Bertz CT molecular complexity index is 178. The van der Waals surface area contributed by atoms with E-state index in [0.717, 1.165) is 13.0 Å². The molecular formula is C12H22O. The summed E-state index contributed by atoms with van der Waals surface area (Å²) in [5.41, 5.74) is 0.222. The van der Waals surface area contributed by atoms with Crippen LogP contribution < -0.4 is 0 Å². The molecule has 0 aliphatic carbocycles. The molecule has 0 fully saturated rings. The summed E-state index contributed by atoms with van der Waals surface area (Å²) in [4.78, 5) is 0. The van der Waals surface area contributed by atoms with Crippen molar-refractivity contribution in [2.24, 2.45) is 11.3 Å². The molecular weight excluding hydrogens is 160 g/mol. The molecule has 0 unspecified atom stereocenters. The fourth-order valence-corrected chi connectivity index (χ4v) is 1.51. The summed E-state index contributed by atoms with van der Waals surface area (Å²) in [7, 11) is 0. The Labute approximate surface area is 82.5 Å². The van der Waals surface area contributed by atoms with Crippen molar-refractivity contribution in [3.8, 4) is 0 Å². The number of allylic oxidation sites excluding steroid dienone is 1. The molecule has 0 aromatic rings. The van der Waals surface area contributed by atoms with E-state index in [4.69, 9.17) is 4.74 Å². The highest BCUT2D eigenvalue weighted by Gasteiger charge is 2.20. The van der Waals surface area contributed by atoms with Crippen LogP contribution in [0.4, 0.5) is 0 Å². The second-order valence-electron chi connectivity index (χ2n) is 4.72. The third kappa shape index (κ3) is 6.44. The van der Waals surface area contributed by atoms with E-state index in [0.29, 0.717) is 11.7 Å². The molecule has 0 radical (unpaired) electrons. The van der Waals surface area contributed by atoms with E-state index in [9.17, 15) is 0 Å². The molecule has 1 nitrogen and oxygen atoms in total. The smallest absolute Gasteiger partial charge is 0.111 e. The molecule has 0 aliphatic rings. The lowest BCUT2D eigenvalue weighted by atomic mass is 9.85. The molecule has 0 aliphatic heterocycles. The maximum Gasteiger partial charge on any atom is 0.111 e. The maximum atomic E-state index is 5.44. The average molecular weight is 182 g/mol. The highest BCUT2D eigenvalue weighted by molar-refractivity contribution is 5.02. The maximum absolute atomic E-state index is 5.44. The van der Waals surface area contributed by atoms with E-state index in [1.807, 2.05) is 0 Å². The number of rotatable bonds is 6. The summed E-state index contributed by atoms with van der Waals surface area (Å²) in [5, 5.41) is 0. The van der Waals surface area contributed by atoms with Gasteiger partial charge in [0.05, 0.1) is 6.61 Å². The standard InChI is InChI=1S/C12H22O/c1-7-11(4)13-9-12(5,6)8-10(2)3/h7,10H,1,4,8-9H2,2-3,5-6H3. The van der Waals surface area contributed by atoms with Crippen LogP contribution in [0.1, 0.15) is 34.1 Å². The van der Waals surface area contributed by atoms with Gasteiger partial charge in [-0.25, -0.2) is 0 Å². The molecule has 76 valence electrons. The zero-order valence-electron chi connectivity index (χ0n) is 9.39. The Hall–Kier alpha value is -0.720. The van der Waals surface area contributed by atoms with Crippen LogP contribution in [0.5, 0.6) is 0 Å². The van der Waals surface area contributed by atoms with Crippen LogP contribution in [0.3, 0.4) is 0 Å². The van der Waals surface area contributed by atoms with Crippen LogP contribution in [0, 0.1) is 11.3 Å². The highest BCUT2D eigenvalue weighted by atomic mass is 16.5. The molecule has 0 saturated heterocycles. The molecule has 0 N–H and O–H groups in total. The van der Waals surface area contributed by atoms with Gasteiger partial charge in [-0.1, -0.05) is 40.9 Å². The molecule has 0 heterocycles. The largest absolute Gasteiger partial charge is 0.494 e. The molecule has 0 spiro atoms. The number of hydrogen-bond donors (Lipinski definition) is 0. The quantitative estimate of drug-likeness (QED) is 0.449. The SMILES string of the molecule is C=CC(=C)OCC(C)(C)CC(C)C. The van der Waals surface area contributed by atoms with Crippen LogP contribution in [0.25, 0.3) is 0 Å². The first-order valence-corrected chi connectivity index (χ1v) is 4.81. The molecule has 1 heteroatoms. The molecule has 0 aromatic carbocycles. The fourth-order valence-electron chi connectivity index (χ4n) is 1.51. The van der Waals surface area contributed by atoms with Gasteiger partial charge < -0.3 is 4.74 Å². The number of hydrogen-bond acceptors (Lipinski definition) is 1. The molecule has 13 heavy (non-hydrogen) atoms. The summed E-state index contributed by atoms with van der Waals surface area (Å²) in [6, 6.07) is 0. The second kappa shape index (κ2) is 5.11. The molecule has 0 aromatic heterocycles. The van der Waals surface area contributed by atoms with Gasteiger partial charge >= 0.3 is 0 Å². The van der Waals surface area contributed by atoms with Crippen LogP contribution in [0.15, 0.2) is 25.0 Å². The topological polar surface area (TPSA) is 9.23 Å². The normalized spacial score (nSPS) is 11.5. The highest BCUT2D eigenvalue weighted by Crippen LogP contribution is 2.26. The summed E-state index contributed by atoms with van der Waals surface area (Å²) >= 11 is 0. The van der Waals surface area contributed by atoms with Crippen molar-refractivity contribution in [1.29, 1.82) is 0 Å². The fraction of sp³-hybridized carbons (Fsp3) is 0.667. The van der Waals surface area contributed by atoms with Gasteiger partial charge in [0.2, 0.25) is 0 Å². The van der Waals surface area contributed by atoms with Crippen molar-refractivity contribution in [3.63, 3.8) is 0 Å². The summed E-state index contributed by atoms with van der Waals surface area (Å²) in [6.07, 6.45) is 2.81. The van der Waals surface area contributed by atoms with Crippen LogP contribution in [0.2, 0.25) is 0 Å². The molecule has 0 rings (SSSR count). The minimum absolute atomic E-state index is 0.222. The van der Waals surface area contributed by atoms with Gasteiger partial charge in [-0.3, -0.25) is 0 Å². The zero-order chi connectivity index (χ0) is 10.5. The van der Waals surface area contributed by atoms with E-state index in [2.05, 4.69) is 40.9 Å². The third-order valence-electron chi connectivity index (χ3n) is 1.84. The van der Waals surface area contributed by atoms with Crippen LogP contribution in [-0.2, 0) is 4.74 Å². The predicted molar refractivity (Wildman–Crippen MR) is 58.5 cm³/mol. The van der Waals surface area contributed by atoms with Crippen LogP contribution in [-0.4, -0.2) is 6.61 Å². The van der Waals surface area contributed by atoms with Crippen molar-refractivity contribution in [2.45, 2.75) is 34.1 Å². The van der Waals surface area contributed by atoms with Gasteiger partial charge in [0.1, 0.15) is 5.76 Å². The summed E-state index contributed by atoms with van der Waals surface area (Å²) in [6.45, 7) is 16.9. The van der Waals surface area contributed by atoms with Crippen molar-refractivity contribution in [2.75, 3.05) is 6.61 Å². The Kier molecular flexibility index (Phi) is 4.82. The predicted octanol–water partition coefficient (Wildman–Crippen LogP) is 3.78. The van der Waals surface area contributed by atoms with Gasteiger partial charge in [0.25, 0.3) is 0 Å². The van der Waals surface area contributed by atoms with Crippen molar-refractivity contribution >= 4 is 0 Å². The molecule has 0 atom stereocenters. The van der Waals surface area contributed by atoms with Gasteiger partial charge in [-0.2, -0.15) is 0 Å². The third-order valence-corrected chi connectivity index (χ3v) is 1.84.